The minimum absolute atomic E-state index is 0.0143. The number of nitrogens with one attached hydrogen (secondary N) is 1. The highest BCUT2D eigenvalue weighted by Crippen LogP contribution is 2.45. The average molecular weight is 464 g/mol. The van der Waals surface area contributed by atoms with Crippen LogP contribution >= 0.6 is 12.2 Å². The largest absolute Gasteiger partial charge is 0.496 e. The Balaban J connectivity index is 1.82. The molecule has 33 heavy (non-hydrogen) atoms. The molecule has 6 nitrogen and oxygen atoms in total. The first-order chi connectivity index (χ1) is 15.5. The molecule has 2 heterocycles. The standard InChI is InChI=1S/C26H29N3O3S/c1-15-9-7-8-10-20(15)29-24(31)19(23(30)27-25(29)33)12-17-11-18-16(2)14-26(3,4)28(5)21(18)13-22(17)32-6/h7-13,16H,14H2,1-6H3,(H,27,30,33)/b19-12-. The van der Waals surface area contributed by atoms with Crippen LogP contribution < -0.4 is 19.9 Å². The number of thiocarbonyl (C=S) groups is 1. The molecular weight excluding hydrogens is 434 g/mol. The van der Waals surface area contributed by atoms with Crippen molar-refractivity contribution in [1.29, 1.82) is 0 Å². The number of rotatable bonds is 3. The SMILES string of the molecule is COc1cc2c(cc1/C=C1/C(=O)NC(=S)N(c3ccccc3C)C1=O)C(C)CC(C)(C)N2C. The summed E-state index contributed by atoms with van der Waals surface area (Å²) in [7, 11) is 3.68. The highest BCUT2D eigenvalue weighted by atomic mass is 32.1. The van der Waals surface area contributed by atoms with Crippen molar-refractivity contribution in [3.05, 3.63) is 58.7 Å². The van der Waals surface area contributed by atoms with Crippen LogP contribution in [0.2, 0.25) is 0 Å². The Kier molecular flexibility index (Phi) is 5.78. The van der Waals surface area contributed by atoms with Crippen molar-refractivity contribution < 1.29 is 14.3 Å². The van der Waals surface area contributed by atoms with Crippen LogP contribution in [-0.4, -0.2) is 36.6 Å². The Morgan fingerprint density at radius 2 is 1.88 bits per heavy atom. The van der Waals surface area contributed by atoms with Crippen molar-refractivity contribution in [2.45, 2.75) is 45.6 Å². The predicted octanol–water partition coefficient (Wildman–Crippen LogP) is 4.56. The Morgan fingerprint density at radius 1 is 1.18 bits per heavy atom. The molecule has 2 amide bonds. The van der Waals surface area contributed by atoms with Gasteiger partial charge in [-0.3, -0.25) is 19.8 Å². The van der Waals surface area contributed by atoms with Crippen LogP contribution in [0.4, 0.5) is 11.4 Å². The summed E-state index contributed by atoms with van der Waals surface area (Å²) in [5.41, 5.74) is 4.51. The monoisotopic (exact) mass is 463 g/mol. The van der Waals surface area contributed by atoms with Crippen molar-refractivity contribution in [3.63, 3.8) is 0 Å². The number of hydrogen-bond donors (Lipinski definition) is 1. The number of para-hydroxylation sites is 1. The van der Waals surface area contributed by atoms with Gasteiger partial charge in [-0.2, -0.15) is 0 Å². The molecule has 7 heteroatoms. The number of aryl methyl sites for hydroxylation is 1. The van der Waals surface area contributed by atoms with Crippen molar-refractivity contribution in [2.24, 2.45) is 0 Å². The third kappa shape index (κ3) is 3.91. The van der Waals surface area contributed by atoms with Crippen LogP contribution in [0.1, 0.15) is 49.8 Å². The Hall–Kier alpha value is -3.19. The van der Waals surface area contributed by atoms with E-state index in [9.17, 15) is 9.59 Å². The van der Waals surface area contributed by atoms with Crippen LogP contribution in [0.25, 0.3) is 6.08 Å². The normalized spacial score (nSPS) is 21.2. The van der Waals surface area contributed by atoms with Gasteiger partial charge in [0.2, 0.25) is 0 Å². The first-order valence-corrected chi connectivity index (χ1v) is 11.4. The van der Waals surface area contributed by atoms with E-state index >= 15 is 0 Å². The molecule has 2 aliphatic rings. The summed E-state index contributed by atoms with van der Waals surface area (Å²) in [6, 6.07) is 11.5. The average Bonchev–Trinajstić information content (AvgIpc) is 2.75. The Bertz CT molecular complexity index is 1200. The van der Waals surface area contributed by atoms with Gasteiger partial charge in [0.1, 0.15) is 11.3 Å². The number of methoxy groups -OCH3 is 1. The van der Waals surface area contributed by atoms with Crippen molar-refractivity contribution in [2.75, 3.05) is 24.0 Å². The zero-order chi connectivity index (χ0) is 24.1. The van der Waals surface area contributed by atoms with Gasteiger partial charge >= 0.3 is 0 Å². The van der Waals surface area contributed by atoms with E-state index in [4.69, 9.17) is 17.0 Å². The lowest BCUT2D eigenvalue weighted by Gasteiger charge is -2.45. The number of ether oxygens (including phenoxy) is 1. The molecule has 1 N–H and O–H groups in total. The molecule has 0 saturated carbocycles. The fourth-order valence-corrected chi connectivity index (χ4v) is 5.02. The molecule has 0 bridgehead atoms. The molecule has 0 radical (unpaired) electrons. The van der Waals surface area contributed by atoms with Crippen molar-refractivity contribution in [3.8, 4) is 5.75 Å². The fourth-order valence-electron chi connectivity index (χ4n) is 4.75. The maximum absolute atomic E-state index is 13.5. The summed E-state index contributed by atoms with van der Waals surface area (Å²) in [5.74, 6) is -0.0413. The lowest BCUT2D eigenvalue weighted by atomic mass is 9.79. The Morgan fingerprint density at radius 3 is 2.55 bits per heavy atom. The molecule has 1 fully saturated rings. The van der Waals surface area contributed by atoms with Gasteiger partial charge in [0.05, 0.1) is 12.8 Å². The van der Waals surface area contributed by atoms with Crippen LogP contribution in [0.5, 0.6) is 5.75 Å². The topological polar surface area (TPSA) is 61.9 Å². The maximum Gasteiger partial charge on any atom is 0.270 e. The smallest absolute Gasteiger partial charge is 0.270 e. The minimum atomic E-state index is -0.513. The van der Waals surface area contributed by atoms with E-state index in [1.165, 1.54) is 10.5 Å². The summed E-state index contributed by atoms with van der Waals surface area (Å²) in [6.07, 6.45) is 2.60. The van der Waals surface area contributed by atoms with Crippen LogP contribution in [-0.2, 0) is 9.59 Å². The summed E-state index contributed by atoms with van der Waals surface area (Å²) in [4.78, 5) is 29.9. The number of carbonyl (C=O) groups excluding carboxylic acids is 2. The van der Waals surface area contributed by atoms with Crippen molar-refractivity contribution >= 4 is 46.6 Å². The highest BCUT2D eigenvalue weighted by molar-refractivity contribution is 7.80. The number of anilines is 2. The van der Waals surface area contributed by atoms with E-state index in [2.05, 4.69) is 38.0 Å². The first-order valence-electron chi connectivity index (χ1n) is 11.0. The number of nitrogens with zero attached hydrogens (tertiary/aromatic N) is 2. The van der Waals surface area contributed by atoms with Crippen LogP contribution in [0.15, 0.2) is 42.0 Å². The molecule has 1 unspecified atom stereocenters. The lowest BCUT2D eigenvalue weighted by Crippen LogP contribution is -2.54. The molecule has 2 aromatic carbocycles. The second-order valence-corrected chi connectivity index (χ2v) is 9.76. The second-order valence-electron chi connectivity index (χ2n) is 9.37. The fraction of sp³-hybridized carbons (Fsp3) is 0.346. The number of benzene rings is 2. The molecule has 0 aromatic heterocycles. The molecule has 4 rings (SSSR count). The van der Waals surface area contributed by atoms with Gasteiger partial charge in [-0.05, 0) is 74.7 Å². The maximum atomic E-state index is 13.5. The van der Waals surface area contributed by atoms with E-state index in [0.717, 1.165) is 17.7 Å². The molecule has 0 aliphatic carbocycles. The van der Waals surface area contributed by atoms with Gasteiger partial charge in [0, 0.05) is 29.9 Å². The minimum Gasteiger partial charge on any atom is -0.496 e. The number of amides is 2. The molecule has 2 aromatic rings. The highest BCUT2D eigenvalue weighted by Gasteiger charge is 2.37. The summed E-state index contributed by atoms with van der Waals surface area (Å²) >= 11 is 5.33. The predicted molar refractivity (Wildman–Crippen MR) is 136 cm³/mol. The third-order valence-corrected chi connectivity index (χ3v) is 7.03. The van der Waals surface area contributed by atoms with Crippen LogP contribution in [0.3, 0.4) is 0 Å². The molecule has 1 atom stereocenters. The zero-order valence-corrected chi connectivity index (χ0v) is 20.7. The number of hydrogen-bond acceptors (Lipinski definition) is 5. The molecular formula is C26H29N3O3S. The first kappa shape index (κ1) is 23.0. The van der Waals surface area contributed by atoms with Crippen LogP contribution in [0, 0.1) is 6.92 Å². The van der Waals surface area contributed by atoms with E-state index in [-0.39, 0.29) is 16.2 Å². The van der Waals surface area contributed by atoms with Gasteiger partial charge in [-0.25, -0.2) is 0 Å². The van der Waals surface area contributed by atoms with E-state index in [0.29, 0.717) is 22.9 Å². The van der Waals surface area contributed by atoms with E-state index in [1.54, 1.807) is 13.2 Å². The third-order valence-electron chi connectivity index (χ3n) is 6.74. The van der Waals surface area contributed by atoms with E-state index in [1.807, 2.05) is 43.3 Å². The van der Waals surface area contributed by atoms with Gasteiger partial charge < -0.3 is 9.64 Å². The number of fused-ring (bicyclic) bond motifs is 1. The molecule has 2 aliphatic heterocycles. The summed E-state index contributed by atoms with van der Waals surface area (Å²) in [5, 5.41) is 2.74. The summed E-state index contributed by atoms with van der Waals surface area (Å²) in [6.45, 7) is 8.55. The second kappa shape index (κ2) is 8.30. The number of carbonyl (C=O) groups is 2. The zero-order valence-electron chi connectivity index (χ0n) is 19.9. The Labute approximate surface area is 200 Å². The van der Waals surface area contributed by atoms with Gasteiger partial charge in [-0.1, -0.05) is 25.1 Å². The van der Waals surface area contributed by atoms with Crippen molar-refractivity contribution in [1.82, 2.24) is 5.32 Å². The van der Waals surface area contributed by atoms with Gasteiger partial charge in [-0.15, -0.1) is 0 Å². The molecule has 172 valence electrons. The van der Waals surface area contributed by atoms with Gasteiger partial charge in [0.25, 0.3) is 11.8 Å². The van der Waals surface area contributed by atoms with E-state index < -0.39 is 11.8 Å². The summed E-state index contributed by atoms with van der Waals surface area (Å²) < 4.78 is 5.67. The lowest BCUT2D eigenvalue weighted by molar-refractivity contribution is -0.122. The molecule has 0 spiro atoms. The van der Waals surface area contributed by atoms with Gasteiger partial charge in [0.15, 0.2) is 5.11 Å². The molecule has 1 saturated heterocycles. The quantitative estimate of drug-likeness (QED) is 0.411.